The quantitative estimate of drug-likeness (QED) is 0.252. The van der Waals surface area contributed by atoms with Crippen molar-refractivity contribution in [1.29, 1.82) is 0 Å². The molecule has 2 heterocycles. The lowest BCUT2D eigenvalue weighted by molar-refractivity contribution is -0.127. The minimum atomic E-state index is -0.354. The summed E-state index contributed by atoms with van der Waals surface area (Å²) in [5.41, 5.74) is 4.88. The van der Waals surface area contributed by atoms with E-state index in [2.05, 4.69) is 52.0 Å². The van der Waals surface area contributed by atoms with Gasteiger partial charge in [-0.15, -0.1) is 0 Å². The predicted molar refractivity (Wildman–Crippen MR) is 186 cm³/mol. The molecule has 5 rings (SSSR count). The van der Waals surface area contributed by atoms with E-state index in [9.17, 15) is 19.8 Å². The van der Waals surface area contributed by atoms with Crippen molar-refractivity contribution >= 4 is 24.0 Å². The lowest BCUT2D eigenvalue weighted by atomic mass is 9.74. The maximum atomic E-state index is 12.7. The summed E-state index contributed by atoms with van der Waals surface area (Å²) in [7, 11) is 0. The Balaban J connectivity index is 1.33. The number of amides is 2. The first-order valence-corrected chi connectivity index (χ1v) is 16.7. The predicted octanol–water partition coefficient (Wildman–Crippen LogP) is 7.80. The summed E-state index contributed by atoms with van der Waals surface area (Å²) in [6, 6.07) is 19.8. The van der Waals surface area contributed by atoms with Crippen LogP contribution in [0.4, 0.5) is 0 Å². The summed E-state index contributed by atoms with van der Waals surface area (Å²) in [6.45, 7) is 11.8. The van der Waals surface area contributed by atoms with Gasteiger partial charge in [-0.2, -0.15) is 0 Å². The lowest BCUT2D eigenvalue weighted by Gasteiger charge is -2.30. The van der Waals surface area contributed by atoms with Crippen LogP contribution in [0.5, 0.6) is 11.5 Å². The number of phenols is 2. The van der Waals surface area contributed by atoms with Crippen molar-refractivity contribution in [2.45, 2.75) is 77.0 Å². The minimum absolute atomic E-state index is 0.00956. The van der Waals surface area contributed by atoms with Crippen LogP contribution in [0.25, 0.3) is 12.2 Å². The number of benzene rings is 3. The normalized spacial score (nSPS) is 16.3. The van der Waals surface area contributed by atoms with Gasteiger partial charge in [0, 0.05) is 60.3 Å². The first-order chi connectivity index (χ1) is 22.0. The van der Waals surface area contributed by atoms with E-state index < -0.39 is 0 Å². The van der Waals surface area contributed by atoms with Gasteiger partial charge in [-0.05, 0) is 97.2 Å². The number of carbonyl (C=O) groups is 2. The fourth-order valence-corrected chi connectivity index (χ4v) is 6.55. The van der Waals surface area contributed by atoms with E-state index in [1.165, 1.54) is 12.8 Å². The SMILES string of the molecule is CC(C)(c1ccc(C(C)(C)c2ccc(O)c(C=CC(=O)N3CCCCC3)c2)cc1)c1ccc(O)c(C=CC(=O)N2CCCCC2)c1. The summed E-state index contributed by atoms with van der Waals surface area (Å²) >= 11 is 0. The molecule has 2 amide bonds. The van der Waals surface area contributed by atoms with Crippen LogP contribution in [-0.2, 0) is 20.4 Å². The average Bonchev–Trinajstić information content (AvgIpc) is 3.07. The molecule has 2 saturated heterocycles. The van der Waals surface area contributed by atoms with E-state index in [0.717, 1.165) is 74.1 Å². The van der Waals surface area contributed by atoms with E-state index in [4.69, 9.17) is 0 Å². The fraction of sp³-hybridized carbons (Fsp3) is 0.400. The van der Waals surface area contributed by atoms with Crippen LogP contribution in [0.3, 0.4) is 0 Å². The molecular formula is C40H48N2O4. The second-order valence-electron chi connectivity index (χ2n) is 13.8. The van der Waals surface area contributed by atoms with Crippen LogP contribution >= 0.6 is 0 Å². The molecule has 0 aliphatic carbocycles. The Bertz CT molecular complexity index is 1480. The monoisotopic (exact) mass is 620 g/mol. The number of hydrogen-bond donors (Lipinski definition) is 2. The van der Waals surface area contributed by atoms with Gasteiger partial charge < -0.3 is 20.0 Å². The second kappa shape index (κ2) is 14.0. The summed E-state index contributed by atoms with van der Waals surface area (Å²) in [6.07, 6.45) is 13.1. The lowest BCUT2D eigenvalue weighted by Crippen LogP contribution is -2.34. The summed E-state index contributed by atoms with van der Waals surface area (Å²) in [4.78, 5) is 29.1. The molecule has 0 spiro atoms. The molecule has 6 nitrogen and oxygen atoms in total. The Morgan fingerprint density at radius 2 is 0.870 bits per heavy atom. The molecule has 2 aliphatic heterocycles. The zero-order valence-electron chi connectivity index (χ0n) is 27.8. The van der Waals surface area contributed by atoms with Crippen molar-refractivity contribution in [2.75, 3.05) is 26.2 Å². The molecule has 2 aliphatic rings. The van der Waals surface area contributed by atoms with E-state index in [0.29, 0.717) is 11.1 Å². The van der Waals surface area contributed by atoms with Gasteiger partial charge >= 0.3 is 0 Å². The van der Waals surface area contributed by atoms with Gasteiger partial charge in [0.2, 0.25) is 11.8 Å². The standard InChI is InChI=1S/C40H48N2O4/c1-39(2,33-17-19-35(43)29(27-33)11-21-37(45)41-23-7-5-8-24-41)31-13-15-32(16-14-31)40(3,4)34-18-20-36(44)30(28-34)12-22-38(46)42-25-9-6-10-26-42/h11-22,27-28,43-44H,5-10,23-26H2,1-4H3. The fourth-order valence-electron chi connectivity index (χ4n) is 6.55. The van der Waals surface area contributed by atoms with Crippen LogP contribution in [0.1, 0.15) is 99.6 Å². The number of likely N-dealkylation sites (tertiary alicyclic amines) is 2. The van der Waals surface area contributed by atoms with E-state index in [1.807, 2.05) is 34.1 Å². The molecule has 6 heteroatoms. The third kappa shape index (κ3) is 7.38. The molecule has 0 radical (unpaired) electrons. The van der Waals surface area contributed by atoms with Gasteiger partial charge in [-0.1, -0.05) is 64.1 Å². The van der Waals surface area contributed by atoms with Crippen molar-refractivity contribution in [3.8, 4) is 11.5 Å². The molecule has 242 valence electrons. The van der Waals surface area contributed by atoms with Gasteiger partial charge in [0.05, 0.1) is 0 Å². The molecule has 2 N–H and O–H groups in total. The number of nitrogens with zero attached hydrogens (tertiary/aromatic N) is 2. The number of hydrogen-bond acceptors (Lipinski definition) is 4. The van der Waals surface area contributed by atoms with E-state index in [-0.39, 0.29) is 34.1 Å². The molecule has 0 saturated carbocycles. The molecule has 46 heavy (non-hydrogen) atoms. The van der Waals surface area contributed by atoms with Crippen molar-refractivity contribution in [3.63, 3.8) is 0 Å². The first-order valence-electron chi connectivity index (χ1n) is 16.7. The van der Waals surface area contributed by atoms with Gasteiger partial charge in [0.1, 0.15) is 11.5 Å². The van der Waals surface area contributed by atoms with Crippen LogP contribution in [-0.4, -0.2) is 58.0 Å². The highest BCUT2D eigenvalue weighted by atomic mass is 16.3. The molecule has 3 aromatic rings. The van der Waals surface area contributed by atoms with Gasteiger partial charge in [0.25, 0.3) is 0 Å². The Hall–Kier alpha value is -4.32. The Morgan fingerprint density at radius 1 is 0.543 bits per heavy atom. The molecule has 3 aromatic carbocycles. The third-order valence-corrected chi connectivity index (χ3v) is 9.97. The second-order valence-corrected chi connectivity index (χ2v) is 13.8. The average molecular weight is 621 g/mol. The number of phenolic OH excluding ortho intramolecular Hbond substituents is 2. The number of rotatable bonds is 8. The zero-order chi connectivity index (χ0) is 32.9. The van der Waals surface area contributed by atoms with E-state index >= 15 is 0 Å². The summed E-state index contributed by atoms with van der Waals surface area (Å²) in [5.74, 6) is 0.283. The van der Waals surface area contributed by atoms with Crippen LogP contribution < -0.4 is 0 Å². The Morgan fingerprint density at radius 3 is 1.22 bits per heavy atom. The van der Waals surface area contributed by atoms with Crippen molar-refractivity contribution < 1.29 is 19.8 Å². The maximum absolute atomic E-state index is 12.7. The topological polar surface area (TPSA) is 81.1 Å². The van der Waals surface area contributed by atoms with Crippen LogP contribution in [0.15, 0.2) is 72.8 Å². The Kier molecular flexibility index (Phi) is 10.0. The largest absolute Gasteiger partial charge is 0.507 e. The summed E-state index contributed by atoms with van der Waals surface area (Å²) < 4.78 is 0. The molecule has 0 unspecified atom stereocenters. The zero-order valence-corrected chi connectivity index (χ0v) is 27.8. The van der Waals surface area contributed by atoms with Crippen molar-refractivity contribution in [3.05, 3.63) is 106 Å². The first kappa shape index (κ1) is 33.1. The highest BCUT2D eigenvalue weighted by Gasteiger charge is 2.27. The van der Waals surface area contributed by atoms with Crippen LogP contribution in [0.2, 0.25) is 0 Å². The third-order valence-electron chi connectivity index (χ3n) is 9.97. The number of carbonyl (C=O) groups excluding carboxylic acids is 2. The number of aromatic hydroxyl groups is 2. The van der Waals surface area contributed by atoms with Crippen LogP contribution in [0, 0.1) is 0 Å². The van der Waals surface area contributed by atoms with Gasteiger partial charge in [0.15, 0.2) is 0 Å². The molecule has 0 aromatic heterocycles. The van der Waals surface area contributed by atoms with E-state index in [1.54, 1.807) is 36.4 Å². The highest BCUT2D eigenvalue weighted by Crippen LogP contribution is 2.38. The van der Waals surface area contributed by atoms with Crippen molar-refractivity contribution in [1.82, 2.24) is 9.80 Å². The molecule has 2 fully saturated rings. The highest BCUT2D eigenvalue weighted by molar-refractivity contribution is 5.93. The summed E-state index contributed by atoms with van der Waals surface area (Å²) in [5, 5.41) is 21.1. The molecule has 0 bridgehead atoms. The van der Waals surface area contributed by atoms with Gasteiger partial charge in [-0.25, -0.2) is 0 Å². The minimum Gasteiger partial charge on any atom is -0.507 e. The van der Waals surface area contributed by atoms with Crippen molar-refractivity contribution in [2.24, 2.45) is 0 Å². The smallest absolute Gasteiger partial charge is 0.246 e. The number of piperidine rings is 2. The molecule has 0 atom stereocenters. The van der Waals surface area contributed by atoms with Gasteiger partial charge in [-0.3, -0.25) is 9.59 Å². The Labute approximate surface area is 274 Å². The molecular weight excluding hydrogens is 572 g/mol. The maximum Gasteiger partial charge on any atom is 0.246 e.